The summed E-state index contributed by atoms with van der Waals surface area (Å²) in [6, 6.07) is 16.1. The lowest BCUT2D eigenvalue weighted by Crippen LogP contribution is -2.27. The Morgan fingerprint density at radius 1 is 1.05 bits per heavy atom. The molecule has 104 valence electrons. The number of rotatable bonds is 6. The van der Waals surface area contributed by atoms with Gasteiger partial charge in [-0.05, 0) is 23.3 Å². The van der Waals surface area contributed by atoms with Gasteiger partial charge in [-0.2, -0.15) is 0 Å². The summed E-state index contributed by atoms with van der Waals surface area (Å²) >= 11 is 0. The quantitative estimate of drug-likeness (QED) is 0.848. The molecular weight excluding hydrogens is 255 g/mol. The molecule has 0 fully saturated rings. The van der Waals surface area contributed by atoms with Crippen LogP contribution in [0.15, 0.2) is 54.6 Å². The first-order valence-corrected chi connectivity index (χ1v) is 6.49. The number of nitrogens with one attached hydrogen (secondary N) is 1. The number of primary amides is 1. The van der Waals surface area contributed by atoms with Gasteiger partial charge in [0.1, 0.15) is 5.82 Å². The highest BCUT2D eigenvalue weighted by Crippen LogP contribution is 2.22. The molecule has 0 aliphatic carbocycles. The average molecular weight is 272 g/mol. The van der Waals surface area contributed by atoms with E-state index >= 15 is 0 Å². The molecule has 2 rings (SSSR count). The second kappa shape index (κ2) is 6.82. The molecule has 0 aromatic heterocycles. The summed E-state index contributed by atoms with van der Waals surface area (Å²) in [5, 5.41) is 3.28. The molecule has 0 heterocycles. The van der Waals surface area contributed by atoms with Crippen molar-refractivity contribution in [3.05, 3.63) is 71.5 Å². The predicted octanol–water partition coefficient (Wildman–Crippen LogP) is 2.38. The number of carbonyl (C=O) groups excluding carboxylic acids is 1. The fourth-order valence-corrected chi connectivity index (χ4v) is 2.07. The van der Waals surface area contributed by atoms with E-state index in [0.717, 1.165) is 11.1 Å². The van der Waals surface area contributed by atoms with Gasteiger partial charge >= 0.3 is 0 Å². The van der Waals surface area contributed by atoms with Crippen LogP contribution in [-0.4, -0.2) is 12.5 Å². The van der Waals surface area contributed by atoms with Crippen molar-refractivity contribution in [3.63, 3.8) is 0 Å². The summed E-state index contributed by atoms with van der Waals surface area (Å²) in [6.07, 6.45) is 0.268. The molecule has 2 aromatic rings. The number of benzene rings is 2. The normalized spacial score (nSPS) is 12.1. The molecule has 0 saturated carbocycles. The van der Waals surface area contributed by atoms with Crippen LogP contribution in [-0.2, 0) is 4.79 Å². The Balaban J connectivity index is 2.20. The second-order valence-corrected chi connectivity index (χ2v) is 4.57. The van der Waals surface area contributed by atoms with E-state index in [1.165, 1.54) is 12.1 Å². The van der Waals surface area contributed by atoms with E-state index in [-0.39, 0.29) is 24.2 Å². The van der Waals surface area contributed by atoms with Crippen LogP contribution in [0.4, 0.5) is 4.39 Å². The van der Waals surface area contributed by atoms with Gasteiger partial charge in [0.05, 0.1) is 6.04 Å². The Morgan fingerprint density at radius 3 is 2.25 bits per heavy atom. The molecule has 0 spiro atoms. The van der Waals surface area contributed by atoms with Crippen molar-refractivity contribution in [1.82, 2.24) is 5.32 Å². The zero-order valence-electron chi connectivity index (χ0n) is 11.1. The van der Waals surface area contributed by atoms with Gasteiger partial charge in [-0.15, -0.1) is 0 Å². The molecule has 1 atom stereocenters. The average Bonchev–Trinajstić information content (AvgIpc) is 2.46. The third kappa shape index (κ3) is 3.90. The zero-order chi connectivity index (χ0) is 14.4. The van der Waals surface area contributed by atoms with E-state index in [2.05, 4.69) is 5.32 Å². The molecule has 1 unspecified atom stereocenters. The Morgan fingerprint density at radius 2 is 1.65 bits per heavy atom. The highest BCUT2D eigenvalue weighted by Gasteiger charge is 2.13. The van der Waals surface area contributed by atoms with Gasteiger partial charge in [-0.3, -0.25) is 4.79 Å². The maximum atomic E-state index is 13.0. The van der Waals surface area contributed by atoms with Crippen molar-refractivity contribution in [3.8, 4) is 0 Å². The molecular formula is C16H17FN2O. The molecule has 1 amide bonds. The topological polar surface area (TPSA) is 55.1 Å². The Labute approximate surface area is 117 Å². The smallest absolute Gasteiger partial charge is 0.218 e. The molecule has 0 bridgehead atoms. The van der Waals surface area contributed by atoms with Gasteiger partial charge in [-0.25, -0.2) is 4.39 Å². The number of hydrogen-bond acceptors (Lipinski definition) is 2. The van der Waals surface area contributed by atoms with Crippen LogP contribution in [0.2, 0.25) is 0 Å². The number of nitrogens with two attached hydrogens (primary N) is 1. The van der Waals surface area contributed by atoms with E-state index < -0.39 is 0 Å². The monoisotopic (exact) mass is 272 g/mol. The lowest BCUT2D eigenvalue weighted by molar-refractivity contribution is -0.117. The summed E-state index contributed by atoms with van der Waals surface area (Å²) < 4.78 is 13.0. The number of halogens is 1. The maximum absolute atomic E-state index is 13.0. The third-order valence-electron chi connectivity index (χ3n) is 3.06. The van der Waals surface area contributed by atoms with E-state index in [0.29, 0.717) is 6.54 Å². The minimum Gasteiger partial charge on any atom is -0.370 e. The van der Waals surface area contributed by atoms with Crippen molar-refractivity contribution in [2.24, 2.45) is 5.73 Å². The maximum Gasteiger partial charge on any atom is 0.218 e. The summed E-state index contributed by atoms with van der Waals surface area (Å²) in [6.45, 7) is 0.478. The van der Waals surface area contributed by atoms with E-state index in [9.17, 15) is 9.18 Å². The van der Waals surface area contributed by atoms with Crippen molar-refractivity contribution >= 4 is 5.91 Å². The zero-order valence-corrected chi connectivity index (χ0v) is 11.1. The Kier molecular flexibility index (Phi) is 4.85. The van der Waals surface area contributed by atoms with Gasteiger partial charge in [-0.1, -0.05) is 42.5 Å². The summed E-state index contributed by atoms with van der Waals surface area (Å²) in [5.41, 5.74) is 7.15. The first kappa shape index (κ1) is 14.2. The lowest BCUT2D eigenvalue weighted by atomic mass is 9.98. The van der Waals surface area contributed by atoms with E-state index in [1.807, 2.05) is 30.3 Å². The molecule has 3 N–H and O–H groups in total. The van der Waals surface area contributed by atoms with Crippen LogP contribution in [0.5, 0.6) is 0 Å². The third-order valence-corrected chi connectivity index (χ3v) is 3.06. The Hall–Kier alpha value is -2.20. The van der Waals surface area contributed by atoms with Gasteiger partial charge in [0.2, 0.25) is 5.91 Å². The van der Waals surface area contributed by atoms with Crippen molar-refractivity contribution in [2.45, 2.75) is 12.5 Å². The largest absolute Gasteiger partial charge is 0.370 e. The highest BCUT2D eigenvalue weighted by molar-refractivity contribution is 5.73. The van der Waals surface area contributed by atoms with Crippen molar-refractivity contribution in [1.29, 1.82) is 0 Å². The molecule has 0 aliphatic rings. The first-order chi connectivity index (χ1) is 9.66. The molecule has 0 radical (unpaired) electrons. The standard InChI is InChI=1S/C16H17FN2O/c17-14-8-6-13(7-9-14)16(19-11-10-15(18)20)12-4-2-1-3-5-12/h1-9,16,19H,10-11H2,(H2,18,20). The number of hydrogen-bond donors (Lipinski definition) is 2. The van der Waals surface area contributed by atoms with Crippen LogP contribution >= 0.6 is 0 Å². The van der Waals surface area contributed by atoms with Crippen LogP contribution < -0.4 is 11.1 Å². The molecule has 0 aliphatic heterocycles. The minimum absolute atomic E-state index is 0.0869. The number of carbonyl (C=O) groups is 1. The van der Waals surface area contributed by atoms with Gasteiger partial charge in [0, 0.05) is 13.0 Å². The van der Waals surface area contributed by atoms with E-state index in [4.69, 9.17) is 5.73 Å². The van der Waals surface area contributed by atoms with E-state index in [1.54, 1.807) is 12.1 Å². The SMILES string of the molecule is NC(=O)CCNC(c1ccccc1)c1ccc(F)cc1. The lowest BCUT2D eigenvalue weighted by Gasteiger charge is -2.19. The molecule has 20 heavy (non-hydrogen) atoms. The fourth-order valence-electron chi connectivity index (χ4n) is 2.07. The van der Waals surface area contributed by atoms with Crippen molar-refractivity contribution < 1.29 is 9.18 Å². The van der Waals surface area contributed by atoms with Gasteiger partial charge in [0.15, 0.2) is 0 Å². The summed E-state index contributed by atoms with van der Waals surface area (Å²) in [5.74, 6) is -0.610. The second-order valence-electron chi connectivity index (χ2n) is 4.57. The van der Waals surface area contributed by atoms with Gasteiger partial charge < -0.3 is 11.1 Å². The fraction of sp³-hybridized carbons (Fsp3) is 0.188. The van der Waals surface area contributed by atoms with Crippen LogP contribution in [0, 0.1) is 5.82 Å². The highest BCUT2D eigenvalue weighted by atomic mass is 19.1. The number of amides is 1. The molecule has 0 saturated heterocycles. The van der Waals surface area contributed by atoms with Crippen LogP contribution in [0.1, 0.15) is 23.6 Å². The minimum atomic E-state index is -0.344. The molecule has 2 aromatic carbocycles. The van der Waals surface area contributed by atoms with Gasteiger partial charge in [0.25, 0.3) is 0 Å². The summed E-state index contributed by atoms with van der Waals surface area (Å²) in [7, 11) is 0. The molecule has 4 heteroatoms. The van der Waals surface area contributed by atoms with Crippen molar-refractivity contribution in [2.75, 3.05) is 6.54 Å². The van der Waals surface area contributed by atoms with Crippen LogP contribution in [0.3, 0.4) is 0 Å². The predicted molar refractivity (Wildman–Crippen MR) is 76.5 cm³/mol. The first-order valence-electron chi connectivity index (χ1n) is 6.49. The molecule has 3 nitrogen and oxygen atoms in total. The summed E-state index contributed by atoms with van der Waals surface area (Å²) in [4.78, 5) is 10.8. The Bertz CT molecular complexity index is 554. The van der Waals surface area contributed by atoms with Crippen LogP contribution in [0.25, 0.3) is 0 Å².